The topological polar surface area (TPSA) is 52.8 Å². The predicted molar refractivity (Wildman–Crippen MR) is 86.2 cm³/mol. The van der Waals surface area contributed by atoms with E-state index in [1.165, 1.54) is 0 Å². The van der Waals surface area contributed by atoms with Crippen LogP contribution in [0.2, 0.25) is 0 Å². The molecule has 0 aromatic heterocycles. The van der Waals surface area contributed by atoms with Gasteiger partial charge >= 0.3 is 0 Å². The van der Waals surface area contributed by atoms with E-state index in [9.17, 15) is 4.79 Å². The summed E-state index contributed by atoms with van der Waals surface area (Å²) in [6.45, 7) is 13.6. The number of carbonyl (C=O) groups excluding carboxylic acids is 1. The van der Waals surface area contributed by atoms with Crippen molar-refractivity contribution < 1.29 is 4.79 Å². The van der Waals surface area contributed by atoms with Gasteiger partial charge in [-0.3, -0.25) is 9.69 Å². The Morgan fingerprint density at radius 2 is 1.86 bits per heavy atom. The maximum Gasteiger partial charge on any atom is 0.242 e. The highest BCUT2D eigenvalue weighted by Crippen LogP contribution is 2.21. The Hall–Kier alpha value is -0.650. The Balaban J connectivity index is 1.85. The zero-order valence-electron chi connectivity index (χ0n) is 14.0. The molecule has 2 aliphatic heterocycles. The van der Waals surface area contributed by atoms with Crippen LogP contribution in [0.3, 0.4) is 0 Å². The van der Waals surface area contributed by atoms with Gasteiger partial charge in [-0.05, 0) is 26.3 Å². The molecule has 0 radical (unpaired) electrons. The Morgan fingerprint density at radius 3 is 2.43 bits per heavy atom. The van der Waals surface area contributed by atoms with Crippen molar-refractivity contribution in [1.29, 1.82) is 0 Å². The van der Waals surface area contributed by atoms with Gasteiger partial charge in [-0.25, -0.2) is 0 Å². The van der Waals surface area contributed by atoms with Crippen LogP contribution in [0.4, 0.5) is 0 Å². The third-order valence-electron chi connectivity index (χ3n) is 5.08. The van der Waals surface area contributed by atoms with Gasteiger partial charge in [-0.1, -0.05) is 20.3 Å². The fraction of sp³-hybridized carbons (Fsp3) is 0.938. The van der Waals surface area contributed by atoms with E-state index in [1.54, 1.807) is 0 Å². The van der Waals surface area contributed by atoms with Crippen LogP contribution < -0.4 is 5.73 Å². The Bertz CT molecular complexity index is 350. The van der Waals surface area contributed by atoms with Crippen molar-refractivity contribution in [2.24, 2.45) is 5.73 Å². The van der Waals surface area contributed by atoms with E-state index in [-0.39, 0.29) is 5.91 Å². The van der Waals surface area contributed by atoms with Crippen molar-refractivity contribution in [2.75, 3.05) is 45.8 Å². The Labute approximate surface area is 129 Å². The van der Waals surface area contributed by atoms with Gasteiger partial charge in [0, 0.05) is 45.3 Å². The van der Waals surface area contributed by atoms with Crippen LogP contribution in [-0.4, -0.2) is 78.0 Å². The Kier molecular flexibility index (Phi) is 5.63. The average molecular weight is 296 g/mol. The van der Waals surface area contributed by atoms with Crippen molar-refractivity contribution in [3.05, 3.63) is 0 Å². The van der Waals surface area contributed by atoms with Gasteiger partial charge in [-0.2, -0.15) is 0 Å². The first kappa shape index (κ1) is 16.7. The number of rotatable bonds is 5. The van der Waals surface area contributed by atoms with Crippen molar-refractivity contribution >= 4 is 5.91 Å². The number of amides is 1. The summed E-state index contributed by atoms with van der Waals surface area (Å²) < 4.78 is 0. The summed E-state index contributed by atoms with van der Waals surface area (Å²) in [4.78, 5) is 19.6. The van der Waals surface area contributed by atoms with Crippen molar-refractivity contribution in [2.45, 2.75) is 51.6 Å². The van der Waals surface area contributed by atoms with Crippen LogP contribution in [0, 0.1) is 0 Å². The highest BCUT2D eigenvalue weighted by atomic mass is 16.2. The van der Waals surface area contributed by atoms with Crippen LogP contribution in [-0.2, 0) is 4.79 Å². The number of likely N-dealkylation sites (N-methyl/N-ethyl adjacent to an activating group) is 1. The molecule has 0 aromatic carbocycles. The van der Waals surface area contributed by atoms with E-state index in [1.807, 2.05) is 11.8 Å². The smallest absolute Gasteiger partial charge is 0.242 e. The third kappa shape index (κ3) is 3.96. The van der Waals surface area contributed by atoms with Gasteiger partial charge in [0.2, 0.25) is 5.91 Å². The summed E-state index contributed by atoms with van der Waals surface area (Å²) in [5.41, 5.74) is 5.51. The zero-order chi connectivity index (χ0) is 15.5. The Morgan fingerprint density at radius 1 is 1.19 bits per heavy atom. The van der Waals surface area contributed by atoms with Crippen LogP contribution >= 0.6 is 0 Å². The van der Waals surface area contributed by atoms with Gasteiger partial charge in [0.15, 0.2) is 0 Å². The van der Waals surface area contributed by atoms with Crippen molar-refractivity contribution in [3.63, 3.8) is 0 Å². The normalized spacial score (nSPS) is 27.8. The molecule has 2 saturated heterocycles. The molecule has 5 nitrogen and oxygen atoms in total. The largest absolute Gasteiger partial charge is 0.339 e. The first-order chi connectivity index (χ1) is 9.97. The van der Waals surface area contributed by atoms with Crippen molar-refractivity contribution in [1.82, 2.24) is 14.7 Å². The maximum atomic E-state index is 12.6. The molecule has 2 aliphatic rings. The van der Waals surface area contributed by atoms with E-state index >= 15 is 0 Å². The number of likely N-dealkylation sites (tertiary alicyclic amines) is 1. The van der Waals surface area contributed by atoms with E-state index in [4.69, 9.17) is 5.73 Å². The quantitative estimate of drug-likeness (QED) is 0.813. The standard InChI is InChI=1S/C16H32N4O/c1-4-7-16(3,17)15(21)20-8-6-14(13-20)19-11-9-18(5-2)10-12-19/h14H,4-13,17H2,1-3H3. The fourth-order valence-corrected chi connectivity index (χ4v) is 3.66. The molecule has 2 fully saturated rings. The molecule has 0 bridgehead atoms. The summed E-state index contributed by atoms with van der Waals surface area (Å²) in [5.74, 6) is 0.138. The lowest BCUT2D eigenvalue weighted by atomic mass is 9.96. The SMILES string of the molecule is CCCC(C)(N)C(=O)N1CCC(N2CCN(CC)CC2)C1. The number of nitrogens with two attached hydrogens (primary N) is 1. The fourth-order valence-electron chi connectivity index (χ4n) is 3.66. The van der Waals surface area contributed by atoms with Crippen molar-refractivity contribution in [3.8, 4) is 0 Å². The predicted octanol–water partition coefficient (Wildman–Crippen LogP) is 0.742. The van der Waals surface area contributed by atoms with Crippen LogP contribution in [0.5, 0.6) is 0 Å². The minimum Gasteiger partial charge on any atom is -0.339 e. The summed E-state index contributed by atoms with van der Waals surface area (Å²) in [6, 6.07) is 0.533. The zero-order valence-corrected chi connectivity index (χ0v) is 14.0. The number of nitrogens with zero attached hydrogens (tertiary/aromatic N) is 3. The summed E-state index contributed by atoms with van der Waals surface area (Å²) in [5, 5.41) is 0. The molecule has 0 spiro atoms. The van der Waals surface area contributed by atoms with Gasteiger partial charge in [0.05, 0.1) is 5.54 Å². The van der Waals surface area contributed by atoms with Gasteiger partial charge in [0.1, 0.15) is 0 Å². The third-order valence-corrected chi connectivity index (χ3v) is 5.08. The molecule has 1 amide bonds. The molecule has 2 N–H and O–H groups in total. The molecule has 0 saturated carbocycles. The van der Waals surface area contributed by atoms with E-state index in [0.717, 1.165) is 65.1 Å². The number of hydrogen-bond acceptors (Lipinski definition) is 4. The molecule has 122 valence electrons. The molecule has 5 heteroatoms. The molecule has 2 rings (SSSR count). The summed E-state index contributed by atoms with van der Waals surface area (Å²) >= 11 is 0. The van der Waals surface area contributed by atoms with Crippen LogP contribution in [0.15, 0.2) is 0 Å². The molecule has 0 aromatic rings. The summed E-state index contributed by atoms with van der Waals surface area (Å²) in [6.07, 6.45) is 2.82. The second-order valence-electron chi connectivity index (χ2n) is 6.83. The number of piperazine rings is 1. The molecule has 2 unspecified atom stereocenters. The maximum absolute atomic E-state index is 12.6. The van der Waals surface area contributed by atoms with E-state index in [0.29, 0.717) is 6.04 Å². The second kappa shape index (κ2) is 7.07. The minimum absolute atomic E-state index is 0.138. The number of hydrogen-bond donors (Lipinski definition) is 1. The lowest BCUT2D eigenvalue weighted by molar-refractivity contribution is -0.135. The molecular weight excluding hydrogens is 264 g/mol. The van der Waals surface area contributed by atoms with Gasteiger partial charge in [0.25, 0.3) is 0 Å². The van der Waals surface area contributed by atoms with Gasteiger partial charge < -0.3 is 15.5 Å². The highest BCUT2D eigenvalue weighted by Gasteiger charge is 2.37. The molecular formula is C16H32N4O. The van der Waals surface area contributed by atoms with Crippen LogP contribution in [0.1, 0.15) is 40.0 Å². The summed E-state index contributed by atoms with van der Waals surface area (Å²) in [7, 11) is 0. The van der Waals surface area contributed by atoms with E-state index in [2.05, 4.69) is 23.6 Å². The first-order valence-corrected chi connectivity index (χ1v) is 8.52. The monoisotopic (exact) mass is 296 g/mol. The molecule has 21 heavy (non-hydrogen) atoms. The van der Waals surface area contributed by atoms with Crippen LogP contribution in [0.25, 0.3) is 0 Å². The van der Waals surface area contributed by atoms with E-state index < -0.39 is 5.54 Å². The average Bonchev–Trinajstić information content (AvgIpc) is 2.96. The molecule has 0 aliphatic carbocycles. The number of carbonyl (C=O) groups is 1. The second-order valence-corrected chi connectivity index (χ2v) is 6.83. The highest BCUT2D eigenvalue weighted by molar-refractivity contribution is 5.85. The first-order valence-electron chi connectivity index (χ1n) is 8.52. The lowest BCUT2D eigenvalue weighted by Crippen LogP contribution is -2.54. The molecule has 2 atom stereocenters. The lowest BCUT2D eigenvalue weighted by Gasteiger charge is -2.37. The van der Waals surface area contributed by atoms with Gasteiger partial charge in [-0.15, -0.1) is 0 Å². The minimum atomic E-state index is -0.690. The molecule has 2 heterocycles.